The molecule has 8 rings (SSSR count). The Morgan fingerprint density at radius 1 is 0.953 bits per heavy atom. The van der Waals surface area contributed by atoms with Gasteiger partial charge in [-0.15, -0.1) is 10.2 Å². The largest absolute Gasteiger partial charge is 0.382 e. The van der Waals surface area contributed by atoms with E-state index in [9.17, 15) is 13.2 Å². The Balaban J connectivity index is 1.21. The van der Waals surface area contributed by atoms with Crippen molar-refractivity contribution in [3.05, 3.63) is 72.7 Å². The molecule has 2 aliphatic heterocycles. The van der Waals surface area contributed by atoms with E-state index in [4.69, 9.17) is 10.7 Å². The highest BCUT2D eigenvalue weighted by Crippen LogP contribution is 2.47. The average Bonchev–Trinajstić information content (AvgIpc) is 3.48. The highest BCUT2D eigenvalue weighted by Gasteiger charge is 2.48. The number of hydrogen-bond acceptors (Lipinski definition) is 9. The van der Waals surface area contributed by atoms with Crippen LogP contribution in [0.2, 0.25) is 0 Å². The maximum absolute atomic E-state index is 13.8. The van der Waals surface area contributed by atoms with E-state index in [1.807, 2.05) is 47.4 Å². The summed E-state index contributed by atoms with van der Waals surface area (Å²) in [4.78, 5) is 27.8. The number of pyridine rings is 1. The Kier molecular flexibility index (Phi) is 5.86. The molecule has 3 atom stereocenters. The Bertz CT molecular complexity index is 1940. The molecule has 4 aromatic heterocycles. The molecule has 3 fully saturated rings. The van der Waals surface area contributed by atoms with Gasteiger partial charge >= 0.3 is 0 Å². The minimum atomic E-state index is -3.70. The van der Waals surface area contributed by atoms with Gasteiger partial charge in [0.1, 0.15) is 17.0 Å². The molecule has 43 heavy (non-hydrogen) atoms. The van der Waals surface area contributed by atoms with E-state index >= 15 is 0 Å². The van der Waals surface area contributed by atoms with Gasteiger partial charge in [-0.05, 0) is 44.6 Å². The number of amides is 1. The third kappa shape index (κ3) is 4.21. The number of aromatic amines is 1. The van der Waals surface area contributed by atoms with Gasteiger partial charge in [0, 0.05) is 40.9 Å². The summed E-state index contributed by atoms with van der Waals surface area (Å²) < 4.78 is 29.1. The van der Waals surface area contributed by atoms with Gasteiger partial charge in [0.25, 0.3) is 5.91 Å². The van der Waals surface area contributed by atoms with Gasteiger partial charge < -0.3 is 15.6 Å². The van der Waals surface area contributed by atoms with E-state index < -0.39 is 15.1 Å². The van der Waals surface area contributed by atoms with Crippen LogP contribution in [0.25, 0.3) is 28.0 Å². The molecule has 5 aromatic rings. The molecule has 1 aromatic carbocycles. The van der Waals surface area contributed by atoms with Crippen LogP contribution in [-0.4, -0.2) is 71.3 Å². The monoisotopic (exact) mass is 595 g/mol. The molecule has 0 unspecified atom stereocenters. The number of piperidine rings is 1. The quantitative estimate of drug-likeness (QED) is 0.298. The van der Waals surface area contributed by atoms with Crippen LogP contribution in [0.1, 0.15) is 60.8 Å². The van der Waals surface area contributed by atoms with E-state index in [0.717, 1.165) is 35.2 Å². The van der Waals surface area contributed by atoms with E-state index in [0.29, 0.717) is 37.0 Å². The molecule has 3 aliphatic rings. The summed E-state index contributed by atoms with van der Waals surface area (Å²) in [6.45, 7) is 0. The lowest BCUT2D eigenvalue weighted by molar-refractivity contribution is 0.0556. The van der Waals surface area contributed by atoms with Crippen molar-refractivity contribution in [2.45, 2.75) is 66.7 Å². The number of nitrogens with one attached hydrogen (secondary N) is 1. The first-order chi connectivity index (χ1) is 20.9. The SMILES string of the molecule is Nc1c(S(=O)(=O)C2CC2)c([C@@H]2C[C@H]3CC[C@@H](C2)N3C(=O)c2nnc[nH]2)nc2c(-c3ccc(-c4ccccc4)nc3)cnn12. The highest BCUT2D eigenvalue weighted by molar-refractivity contribution is 7.92. The Labute approximate surface area is 247 Å². The number of carbonyl (C=O) groups is 1. The number of nitrogens with two attached hydrogens (primary N) is 1. The van der Waals surface area contributed by atoms with Crippen LogP contribution in [0.3, 0.4) is 0 Å². The molecular weight excluding hydrogens is 566 g/mol. The zero-order valence-corrected chi connectivity index (χ0v) is 24.0. The maximum atomic E-state index is 13.8. The Hall–Kier alpha value is -4.65. The normalized spacial score (nSPS) is 21.9. The van der Waals surface area contributed by atoms with E-state index in [-0.39, 0.29) is 40.4 Å². The Morgan fingerprint density at radius 3 is 2.37 bits per heavy atom. The molecule has 12 nitrogen and oxygen atoms in total. The van der Waals surface area contributed by atoms with Crippen LogP contribution >= 0.6 is 0 Å². The van der Waals surface area contributed by atoms with Crippen LogP contribution < -0.4 is 5.73 Å². The van der Waals surface area contributed by atoms with Crippen molar-refractivity contribution >= 4 is 27.2 Å². The first-order valence-electron chi connectivity index (χ1n) is 14.5. The lowest BCUT2D eigenvalue weighted by Gasteiger charge is -2.38. The van der Waals surface area contributed by atoms with E-state index in [1.165, 1.54) is 10.8 Å². The Morgan fingerprint density at radius 2 is 1.72 bits per heavy atom. The van der Waals surface area contributed by atoms with Gasteiger partial charge in [-0.3, -0.25) is 9.78 Å². The minimum Gasteiger partial charge on any atom is -0.382 e. The zero-order valence-electron chi connectivity index (χ0n) is 23.2. The number of nitrogens with zero attached hydrogens (tertiary/aromatic N) is 7. The highest BCUT2D eigenvalue weighted by atomic mass is 32.2. The first-order valence-corrected chi connectivity index (χ1v) is 16.1. The smallest absolute Gasteiger partial charge is 0.292 e. The van der Waals surface area contributed by atoms with Crippen LogP contribution in [0.4, 0.5) is 5.82 Å². The predicted octanol–water partition coefficient (Wildman–Crippen LogP) is 3.65. The lowest BCUT2D eigenvalue weighted by Crippen LogP contribution is -2.46. The van der Waals surface area contributed by atoms with Gasteiger partial charge in [-0.2, -0.15) is 9.61 Å². The van der Waals surface area contributed by atoms with E-state index in [1.54, 1.807) is 12.4 Å². The summed E-state index contributed by atoms with van der Waals surface area (Å²) in [5, 5.41) is 11.7. The van der Waals surface area contributed by atoms with Gasteiger partial charge in [0.05, 0.1) is 22.8 Å². The average molecular weight is 596 g/mol. The van der Waals surface area contributed by atoms with Crippen LogP contribution in [0.15, 0.2) is 66.1 Å². The van der Waals surface area contributed by atoms with Crippen molar-refractivity contribution in [3.63, 3.8) is 0 Å². The van der Waals surface area contributed by atoms with Gasteiger partial charge in [-0.25, -0.2) is 13.4 Å². The molecule has 218 valence electrons. The van der Waals surface area contributed by atoms with Crippen LogP contribution in [0.5, 0.6) is 0 Å². The number of anilines is 1. The molecule has 2 saturated heterocycles. The number of carbonyl (C=O) groups excluding carboxylic acids is 1. The van der Waals surface area contributed by atoms with Crippen LogP contribution in [-0.2, 0) is 9.84 Å². The molecular formula is C30H29N9O3S. The van der Waals surface area contributed by atoms with Crippen molar-refractivity contribution in [3.8, 4) is 22.4 Å². The molecule has 1 saturated carbocycles. The van der Waals surface area contributed by atoms with Crippen molar-refractivity contribution in [1.29, 1.82) is 0 Å². The van der Waals surface area contributed by atoms with Crippen molar-refractivity contribution in [2.75, 3.05) is 5.73 Å². The van der Waals surface area contributed by atoms with Gasteiger partial charge in [0.2, 0.25) is 5.82 Å². The number of benzene rings is 1. The molecule has 2 bridgehead atoms. The standard InChI is InChI=1S/C30H29N9O3S/c31-27-26(43(41,42)22-9-10-22)25(19-12-20-7-8-21(13-19)38(20)30(40)28-33-16-34-37-28)36-29-23(15-35-39(27)29)18-6-11-24(32-14-18)17-4-2-1-3-5-17/h1-6,11,14-16,19-22H,7-10,12-13,31H2,(H,33,34,37)/t19-,20-,21+. The summed E-state index contributed by atoms with van der Waals surface area (Å²) in [5.74, 6) is -0.0679. The first kappa shape index (κ1) is 26.0. The van der Waals surface area contributed by atoms with Crippen molar-refractivity contribution in [1.82, 2.24) is 39.7 Å². The number of H-pyrrole nitrogens is 1. The van der Waals surface area contributed by atoms with E-state index in [2.05, 4.69) is 25.3 Å². The third-order valence-corrected chi connectivity index (χ3v) is 11.4. The fourth-order valence-electron chi connectivity index (χ4n) is 6.83. The topological polar surface area (TPSA) is 165 Å². The third-order valence-electron chi connectivity index (χ3n) is 9.03. The van der Waals surface area contributed by atoms with Crippen molar-refractivity contribution < 1.29 is 13.2 Å². The summed E-state index contributed by atoms with van der Waals surface area (Å²) >= 11 is 0. The number of fused-ring (bicyclic) bond motifs is 3. The van der Waals surface area contributed by atoms with Crippen LogP contribution in [0, 0.1) is 0 Å². The summed E-state index contributed by atoms with van der Waals surface area (Å²) in [6.07, 6.45) is 8.90. The fraction of sp³-hybridized carbons (Fsp3) is 0.333. The zero-order chi connectivity index (χ0) is 29.3. The summed E-state index contributed by atoms with van der Waals surface area (Å²) in [5.41, 5.74) is 11.0. The number of aromatic nitrogens is 7. The van der Waals surface area contributed by atoms with Gasteiger partial charge in [0.15, 0.2) is 15.5 Å². The maximum Gasteiger partial charge on any atom is 0.292 e. The number of nitrogen functional groups attached to an aromatic ring is 1. The molecule has 3 N–H and O–H groups in total. The molecule has 1 aliphatic carbocycles. The second-order valence-electron chi connectivity index (χ2n) is 11.7. The number of hydrogen-bond donors (Lipinski definition) is 2. The minimum absolute atomic E-state index is 0.0591. The molecule has 6 heterocycles. The molecule has 0 radical (unpaired) electrons. The molecule has 0 spiro atoms. The van der Waals surface area contributed by atoms with Crippen molar-refractivity contribution in [2.24, 2.45) is 0 Å². The second-order valence-corrected chi connectivity index (χ2v) is 13.8. The van der Waals surface area contributed by atoms with Gasteiger partial charge in [-0.1, -0.05) is 36.4 Å². The summed E-state index contributed by atoms with van der Waals surface area (Å²) in [7, 11) is -3.70. The molecule has 1 amide bonds. The predicted molar refractivity (Wildman–Crippen MR) is 158 cm³/mol. The fourth-order valence-corrected chi connectivity index (χ4v) is 8.80. The lowest BCUT2D eigenvalue weighted by atomic mass is 9.87. The molecule has 13 heteroatoms. The number of sulfone groups is 1. The second kappa shape index (κ2) is 9.69. The summed E-state index contributed by atoms with van der Waals surface area (Å²) in [6, 6.07) is 13.7. The number of rotatable bonds is 6.